The van der Waals surface area contributed by atoms with E-state index < -0.39 is 0 Å². The summed E-state index contributed by atoms with van der Waals surface area (Å²) >= 11 is 0. The molecule has 0 aromatic heterocycles. The molecule has 0 saturated carbocycles. The molecule has 13 heavy (non-hydrogen) atoms. The van der Waals surface area contributed by atoms with Gasteiger partial charge < -0.3 is 9.84 Å². The summed E-state index contributed by atoms with van der Waals surface area (Å²) in [6.07, 6.45) is 2.18. The second-order valence-corrected chi connectivity index (χ2v) is 2.72. The normalized spacial score (nSPS) is 12.1. The van der Waals surface area contributed by atoms with Crippen LogP contribution in [0.5, 0.6) is 5.75 Å². The molecule has 0 aliphatic heterocycles. The maximum Gasteiger partial charge on any atom is 0.120 e. The van der Waals surface area contributed by atoms with E-state index in [1.165, 1.54) is 0 Å². The van der Waals surface area contributed by atoms with Crippen LogP contribution in [0.3, 0.4) is 0 Å². The molecule has 0 bridgehead atoms. The van der Waals surface area contributed by atoms with Crippen molar-refractivity contribution in [3.8, 4) is 5.75 Å². The second-order valence-electron chi connectivity index (χ2n) is 2.72. The molecule has 0 radical (unpaired) electrons. The monoisotopic (exact) mass is 178 g/mol. The molecule has 0 fully saturated rings. The van der Waals surface area contributed by atoms with Crippen molar-refractivity contribution in [2.24, 2.45) is 0 Å². The molecule has 0 heterocycles. The van der Waals surface area contributed by atoms with Crippen LogP contribution in [0.2, 0.25) is 0 Å². The average molecular weight is 178 g/mol. The molecule has 2 heteroatoms. The van der Waals surface area contributed by atoms with Gasteiger partial charge in [0.2, 0.25) is 0 Å². The van der Waals surface area contributed by atoms with Crippen LogP contribution >= 0.6 is 0 Å². The summed E-state index contributed by atoms with van der Waals surface area (Å²) in [5, 5.41) is 8.72. The van der Waals surface area contributed by atoms with Gasteiger partial charge in [-0.05, 0) is 12.1 Å². The van der Waals surface area contributed by atoms with Gasteiger partial charge in [0.25, 0.3) is 0 Å². The van der Waals surface area contributed by atoms with Crippen molar-refractivity contribution in [2.45, 2.75) is 12.5 Å². The zero-order chi connectivity index (χ0) is 9.52. The van der Waals surface area contributed by atoms with E-state index in [4.69, 9.17) is 9.84 Å². The molecule has 1 unspecified atom stereocenters. The molecule has 0 aliphatic rings. The summed E-state index contributed by atoms with van der Waals surface area (Å²) in [5.41, 5.74) is 0. The summed E-state index contributed by atoms with van der Waals surface area (Å²) in [6.45, 7) is 3.75. The minimum Gasteiger partial charge on any atom is -0.486 e. The summed E-state index contributed by atoms with van der Waals surface area (Å²) in [5.74, 6) is 0.806. The summed E-state index contributed by atoms with van der Waals surface area (Å²) < 4.78 is 5.53. The number of aliphatic hydroxyl groups is 1. The Labute approximate surface area is 78.5 Å². The predicted molar refractivity (Wildman–Crippen MR) is 52.8 cm³/mol. The summed E-state index contributed by atoms with van der Waals surface area (Å²) in [4.78, 5) is 0. The van der Waals surface area contributed by atoms with Gasteiger partial charge in [0.15, 0.2) is 0 Å². The Bertz CT molecular complexity index is 244. The Kier molecular flexibility index (Phi) is 4.06. The first-order valence-corrected chi connectivity index (χ1v) is 4.32. The van der Waals surface area contributed by atoms with Gasteiger partial charge in [0, 0.05) is 13.0 Å². The quantitative estimate of drug-likeness (QED) is 0.699. The van der Waals surface area contributed by atoms with Gasteiger partial charge >= 0.3 is 0 Å². The molecule has 0 spiro atoms. The lowest BCUT2D eigenvalue weighted by atomic mass is 10.2. The van der Waals surface area contributed by atoms with Gasteiger partial charge in [0.05, 0.1) is 0 Å². The van der Waals surface area contributed by atoms with Crippen LogP contribution in [0.4, 0.5) is 0 Å². The largest absolute Gasteiger partial charge is 0.486 e. The van der Waals surface area contributed by atoms with Crippen molar-refractivity contribution in [2.75, 3.05) is 6.61 Å². The summed E-state index contributed by atoms with van der Waals surface area (Å²) in [7, 11) is 0. The highest BCUT2D eigenvalue weighted by Crippen LogP contribution is 2.12. The van der Waals surface area contributed by atoms with Crippen LogP contribution in [-0.2, 0) is 0 Å². The first-order chi connectivity index (χ1) is 6.36. The smallest absolute Gasteiger partial charge is 0.120 e. The number of rotatable bonds is 5. The van der Waals surface area contributed by atoms with Crippen molar-refractivity contribution in [3.05, 3.63) is 43.0 Å². The lowest BCUT2D eigenvalue weighted by Crippen LogP contribution is -2.14. The number of para-hydroxylation sites is 1. The number of benzene rings is 1. The molecule has 1 aromatic carbocycles. The molecule has 1 rings (SSSR count). The maximum atomic E-state index is 8.72. The third-order valence-corrected chi connectivity index (χ3v) is 1.71. The van der Waals surface area contributed by atoms with E-state index in [1.54, 1.807) is 6.08 Å². The average Bonchev–Trinajstić information content (AvgIpc) is 2.19. The molecule has 2 nitrogen and oxygen atoms in total. The zero-order valence-electron chi connectivity index (χ0n) is 7.52. The van der Waals surface area contributed by atoms with Crippen molar-refractivity contribution < 1.29 is 9.84 Å². The fourth-order valence-corrected chi connectivity index (χ4v) is 1.03. The summed E-state index contributed by atoms with van der Waals surface area (Å²) in [6, 6.07) is 9.52. The Morgan fingerprint density at radius 2 is 2.08 bits per heavy atom. The van der Waals surface area contributed by atoms with E-state index in [0.717, 1.165) is 5.75 Å². The van der Waals surface area contributed by atoms with E-state index in [9.17, 15) is 0 Å². The number of hydrogen-bond acceptors (Lipinski definition) is 2. The molecule has 1 atom stereocenters. The molecule has 70 valence electrons. The van der Waals surface area contributed by atoms with Crippen molar-refractivity contribution in [3.63, 3.8) is 0 Å². The second kappa shape index (κ2) is 5.38. The van der Waals surface area contributed by atoms with E-state index in [-0.39, 0.29) is 12.7 Å². The fourth-order valence-electron chi connectivity index (χ4n) is 1.03. The highest BCUT2D eigenvalue weighted by Gasteiger charge is 2.03. The molecule has 0 saturated heterocycles. The Hall–Kier alpha value is -1.28. The van der Waals surface area contributed by atoms with Crippen molar-refractivity contribution in [1.82, 2.24) is 0 Å². The van der Waals surface area contributed by atoms with E-state index in [0.29, 0.717) is 6.42 Å². The molecule has 1 N–H and O–H groups in total. The Morgan fingerprint density at radius 1 is 1.38 bits per heavy atom. The van der Waals surface area contributed by atoms with E-state index >= 15 is 0 Å². The number of aliphatic hydroxyl groups excluding tert-OH is 1. The van der Waals surface area contributed by atoms with Crippen molar-refractivity contribution in [1.29, 1.82) is 0 Å². The van der Waals surface area contributed by atoms with Gasteiger partial charge in [-0.25, -0.2) is 0 Å². The third-order valence-electron chi connectivity index (χ3n) is 1.71. The molecule has 0 amide bonds. The minimum absolute atomic E-state index is 0.104. The van der Waals surface area contributed by atoms with Gasteiger partial charge in [-0.1, -0.05) is 30.9 Å². The zero-order valence-corrected chi connectivity index (χ0v) is 7.52. The van der Waals surface area contributed by atoms with Crippen LogP contribution in [0.15, 0.2) is 43.0 Å². The molecule has 1 aromatic rings. The van der Waals surface area contributed by atoms with Gasteiger partial charge in [-0.3, -0.25) is 0 Å². The van der Waals surface area contributed by atoms with Crippen LogP contribution in [0.25, 0.3) is 0 Å². The van der Waals surface area contributed by atoms with Crippen LogP contribution in [0, 0.1) is 0 Å². The standard InChI is InChI=1S/C11H14O2/c1-2-10(8-9-12)13-11-6-4-3-5-7-11/h2-7,10,12H,1,8-9H2. The number of hydrogen-bond donors (Lipinski definition) is 1. The van der Waals surface area contributed by atoms with Gasteiger partial charge in [0.1, 0.15) is 11.9 Å². The van der Waals surface area contributed by atoms with E-state index in [1.807, 2.05) is 30.3 Å². The first kappa shape index (κ1) is 9.81. The maximum absolute atomic E-state index is 8.72. The topological polar surface area (TPSA) is 29.5 Å². The first-order valence-electron chi connectivity index (χ1n) is 4.32. The van der Waals surface area contributed by atoms with E-state index in [2.05, 4.69) is 6.58 Å². The Balaban J connectivity index is 2.51. The fraction of sp³-hybridized carbons (Fsp3) is 0.273. The number of ether oxygens (including phenoxy) is 1. The third kappa shape index (κ3) is 3.30. The van der Waals surface area contributed by atoms with Crippen LogP contribution in [0.1, 0.15) is 6.42 Å². The molecular formula is C11H14O2. The minimum atomic E-state index is -0.104. The lowest BCUT2D eigenvalue weighted by molar-refractivity contribution is 0.189. The van der Waals surface area contributed by atoms with Gasteiger partial charge in [-0.15, -0.1) is 0 Å². The van der Waals surface area contributed by atoms with Crippen LogP contribution in [-0.4, -0.2) is 17.8 Å². The molecular weight excluding hydrogens is 164 g/mol. The van der Waals surface area contributed by atoms with Gasteiger partial charge in [-0.2, -0.15) is 0 Å². The SMILES string of the molecule is C=CC(CCO)Oc1ccccc1. The lowest BCUT2D eigenvalue weighted by Gasteiger charge is -2.13. The predicted octanol–water partition coefficient (Wildman–Crippen LogP) is 2.00. The molecule has 0 aliphatic carbocycles. The van der Waals surface area contributed by atoms with Crippen LogP contribution < -0.4 is 4.74 Å². The Morgan fingerprint density at radius 3 is 2.62 bits per heavy atom. The van der Waals surface area contributed by atoms with Crippen molar-refractivity contribution >= 4 is 0 Å². The highest BCUT2D eigenvalue weighted by atomic mass is 16.5. The highest BCUT2D eigenvalue weighted by molar-refractivity contribution is 5.21.